The monoisotopic (exact) mass is 369 g/mol. The van der Waals surface area contributed by atoms with Crippen LogP contribution in [-0.4, -0.2) is 29.7 Å². The summed E-state index contributed by atoms with van der Waals surface area (Å²) in [5.74, 6) is 0.232. The lowest BCUT2D eigenvalue weighted by Crippen LogP contribution is -2.43. The summed E-state index contributed by atoms with van der Waals surface area (Å²) in [6, 6.07) is 16.2. The molecule has 3 atom stereocenters. The molecule has 1 saturated carbocycles. The van der Waals surface area contributed by atoms with Gasteiger partial charge in [-0.3, -0.25) is 0 Å². The third kappa shape index (κ3) is 4.14. The van der Waals surface area contributed by atoms with Gasteiger partial charge in [0.1, 0.15) is 12.4 Å². The second-order valence-electron chi connectivity index (χ2n) is 7.33. The van der Waals surface area contributed by atoms with Crippen LogP contribution in [0.3, 0.4) is 0 Å². The van der Waals surface area contributed by atoms with Gasteiger partial charge in [-0.15, -0.1) is 0 Å². The summed E-state index contributed by atoms with van der Waals surface area (Å²) < 4.78 is 24.7. The van der Waals surface area contributed by atoms with Crippen LogP contribution in [0.25, 0.3) is 0 Å². The molecule has 4 nitrogen and oxygen atoms in total. The van der Waals surface area contributed by atoms with E-state index in [-0.39, 0.29) is 30.7 Å². The van der Waals surface area contributed by atoms with Gasteiger partial charge in [-0.2, -0.15) is 0 Å². The number of carbonyl (C=O) groups excluding carboxylic acids is 1. The molecule has 0 N–H and O–H groups in total. The van der Waals surface area contributed by atoms with E-state index >= 15 is 0 Å². The highest BCUT2D eigenvalue weighted by molar-refractivity contribution is 5.68. The van der Waals surface area contributed by atoms with Gasteiger partial charge in [0.2, 0.25) is 0 Å². The van der Waals surface area contributed by atoms with Gasteiger partial charge in [-0.1, -0.05) is 42.5 Å². The first-order valence-electron chi connectivity index (χ1n) is 9.54. The number of benzene rings is 2. The van der Waals surface area contributed by atoms with E-state index in [4.69, 9.17) is 9.47 Å². The molecule has 2 aromatic carbocycles. The molecule has 2 aliphatic rings. The van der Waals surface area contributed by atoms with E-state index in [2.05, 4.69) is 0 Å². The first-order valence-corrected chi connectivity index (χ1v) is 9.54. The maximum Gasteiger partial charge on any atom is 0.410 e. The lowest BCUT2D eigenvalue weighted by molar-refractivity contribution is -0.00467. The van der Waals surface area contributed by atoms with E-state index in [0.717, 1.165) is 36.9 Å². The Bertz CT molecular complexity index is 765. The number of nitrogens with zero attached hydrogens (tertiary/aromatic N) is 1. The Balaban J connectivity index is 1.35. The summed E-state index contributed by atoms with van der Waals surface area (Å²) in [6.45, 7) is 1.44. The van der Waals surface area contributed by atoms with Crippen molar-refractivity contribution in [3.63, 3.8) is 0 Å². The zero-order chi connectivity index (χ0) is 18.6. The van der Waals surface area contributed by atoms with Gasteiger partial charge >= 0.3 is 6.09 Å². The zero-order valence-corrected chi connectivity index (χ0v) is 15.2. The van der Waals surface area contributed by atoms with Crippen LogP contribution in [0, 0.1) is 11.7 Å². The standard InChI is InChI=1S/C22H24FNO3/c23-19-9-6-17(7-10-19)14-26-20-11-8-18-12-13-24(21(18)20)22(25)27-15-16-4-2-1-3-5-16/h1-7,9-10,18,20-21H,8,11-15H2/t18-,20+,21+/m1/s1. The third-order valence-corrected chi connectivity index (χ3v) is 5.60. The fraction of sp³-hybridized carbons (Fsp3) is 0.409. The number of hydrogen-bond donors (Lipinski definition) is 0. The summed E-state index contributed by atoms with van der Waals surface area (Å²) in [5.41, 5.74) is 1.92. The molecule has 0 radical (unpaired) electrons. The summed E-state index contributed by atoms with van der Waals surface area (Å²) in [6.07, 6.45) is 2.76. The highest BCUT2D eigenvalue weighted by Crippen LogP contribution is 2.40. The SMILES string of the molecule is O=C(OCc1ccccc1)N1CC[C@H]2CC[C@H](OCc3ccc(F)cc3)[C@H]21. The van der Waals surface area contributed by atoms with Crippen LogP contribution in [0.1, 0.15) is 30.4 Å². The van der Waals surface area contributed by atoms with Crippen LogP contribution >= 0.6 is 0 Å². The van der Waals surface area contributed by atoms with Crippen molar-refractivity contribution in [2.45, 2.75) is 44.6 Å². The molecule has 142 valence electrons. The molecule has 5 heteroatoms. The maximum atomic E-state index is 13.0. The van der Waals surface area contributed by atoms with Crippen molar-refractivity contribution < 1.29 is 18.7 Å². The van der Waals surface area contributed by atoms with Gasteiger partial charge in [0.05, 0.1) is 18.8 Å². The Kier molecular flexibility index (Phi) is 5.39. The van der Waals surface area contributed by atoms with Gasteiger partial charge in [0.25, 0.3) is 0 Å². The molecule has 1 aliphatic carbocycles. The predicted octanol–water partition coefficient (Wildman–Crippen LogP) is 4.53. The van der Waals surface area contributed by atoms with Crippen molar-refractivity contribution in [2.75, 3.05) is 6.54 Å². The van der Waals surface area contributed by atoms with E-state index < -0.39 is 0 Å². The Morgan fingerprint density at radius 3 is 2.48 bits per heavy atom. The molecule has 4 rings (SSSR count). The lowest BCUT2D eigenvalue weighted by Gasteiger charge is -2.28. The van der Waals surface area contributed by atoms with Crippen LogP contribution in [0.15, 0.2) is 54.6 Å². The van der Waals surface area contributed by atoms with E-state index in [1.165, 1.54) is 12.1 Å². The van der Waals surface area contributed by atoms with Crippen molar-refractivity contribution in [2.24, 2.45) is 5.92 Å². The Morgan fingerprint density at radius 1 is 0.963 bits per heavy atom. The molecule has 1 heterocycles. The molecular weight excluding hydrogens is 345 g/mol. The van der Waals surface area contributed by atoms with Crippen molar-refractivity contribution in [3.05, 3.63) is 71.5 Å². The van der Waals surface area contributed by atoms with E-state index in [0.29, 0.717) is 12.5 Å². The topological polar surface area (TPSA) is 38.8 Å². The molecule has 1 amide bonds. The van der Waals surface area contributed by atoms with Gasteiger partial charge in [0.15, 0.2) is 0 Å². The second kappa shape index (κ2) is 8.09. The largest absolute Gasteiger partial charge is 0.445 e. The van der Waals surface area contributed by atoms with Gasteiger partial charge in [-0.05, 0) is 48.4 Å². The molecule has 2 aromatic rings. The average molecular weight is 369 g/mol. The van der Waals surface area contributed by atoms with Gasteiger partial charge in [0, 0.05) is 6.54 Å². The van der Waals surface area contributed by atoms with Crippen LogP contribution in [-0.2, 0) is 22.7 Å². The highest BCUT2D eigenvalue weighted by atomic mass is 19.1. The quantitative estimate of drug-likeness (QED) is 0.777. The summed E-state index contributed by atoms with van der Waals surface area (Å²) in [5, 5.41) is 0. The first-order chi connectivity index (χ1) is 13.2. The average Bonchev–Trinajstić information content (AvgIpc) is 3.29. The molecule has 0 bridgehead atoms. The van der Waals surface area contributed by atoms with Crippen molar-refractivity contribution >= 4 is 6.09 Å². The molecule has 2 fully saturated rings. The van der Waals surface area contributed by atoms with Crippen molar-refractivity contribution in [3.8, 4) is 0 Å². The summed E-state index contributed by atoms with van der Waals surface area (Å²) in [7, 11) is 0. The minimum absolute atomic E-state index is 0.00632. The smallest absolute Gasteiger partial charge is 0.410 e. The number of likely N-dealkylation sites (tertiary alicyclic amines) is 1. The number of rotatable bonds is 5. The van der Waals surface area contributed by atoms with Crippen molar-refractivity contribution in [1.82, 2.24) is 4.90 Å². The van der Waals surface area contributed by atoms with Gasteiger partial charge < -0.3 is 14.4 Å². The van der Waals surface area contributed by atoms with Crippen LogP contribution < -0.4 is 0 Å². The number of amides is 1. The molecular formula is C22H24FNO3. The normalized spacial score (nSPS) is 24.0. The molecule has 0 aromatic heterocycles. The number of halogens is 1. The fourth-order valence-corrected chi connectivity index (χ4v) is 4.23. The summed E-state index contributed by atoms with van der Waals surface area (Å²) >= 11 is 0. The molecule has 0 spiro atoms. The second-order valence-corrected chi connectivity index (χ2v) is 7.33. The van der Waals surface area contributed by atoms with Crippen LogP contribution in [0.4, 0.5) is 9.18 Å². The zero-order valence-electron chi connectivity index (χ0n) is 15.2. The molecule has 1 aliphatic heterocycles. The number of fused-ring (bicyclic) bond motifs is 1. The minimum atomic E-state index is -0.261. The summed E-state index contributed by atoms with van der Waals surface area (Å²) in [4.78, 5) is 14.5. The van der Waals surface area contributed by atoms with E-state index in [9.17, 15) is 9.18 Å². The number of hydrogen-bond acceptors (Lipinski definition) is 3. The van der Waals surface area contributed by atoms with E-state index in [1.807, 2.05) is 35.2 Å². The van der Waals surface area contributed by atoms with Gasteiger partial charge in [-0.25, -0.2) is 9.18 Å². The lowest BCUT2D eigenvalue weighted by atomic mass is 10.0. The number of carbonyl (C=O) groups is 1. The van der Waals surface area contributed by atoms with Crippen molar-refractivity contribution in [1.29, 1.82) is 0 Å². The molecule has 1 saturated heterocycles. The van der Waals surface area contributed by atoms with E-state index in [1.54, 1.807) is 12.1 Å². The Hall–Kier alpha value is -2.40. The third-order valence-electron chi connectivity index (χ3n) is 5.60. The fourth-order valence-electron chi connectivity index (χ4n) is 4.23. The molecule has 0 unspecified atom stereocenters. The minimum Gasteiger partial charge on any atom is -0.445 e. The highest BCUT2D eigenvalue weighted by Gasteiger charge is 2.47. The van der Waals surface area contributed by atoms with Crippen LogP contribution in [0.2, 0.25) is 0 Å². The van der Waals surface area contributed by atoms with Crippen LogP contribution in [0.5, 0.6) is 0 Å². The number of ether oxygens (including phenoxy) is 2. The molecule has 27 heavy (non-hydrogen) atoms. The predicted molar refractivity (Wildman–Crippen MR) is 99.4 cm³/mol. The maximum absolute atomic E-state index is 13.0. The Labute approximate surface area is 158 Å². The Morgan fingerprint density at radius 2 is 1.70 bits per heavy atom. The first kappa shape index (κ1) is 18.0.